The first kappa shape index (κ1) is 18.9. The second-order valence-corrected chi connectivity index (χ2v) is 7.63. The molecule has 0 amide bonds. The molecule has 1 aliphatic heterocycles. The number of hydrogen-bond donors (Lipinski definition) is 0. The summed E-state index contributed by atoms with van der Waals surface area (Å²) in [5.41, 5.74) is 4.05. The minimum atomic E-state index is -0.525. The molecule has 0 N–H and O–H groups in total. The Bertz CT molecular complexity index is 891. The summed E-state index contributed by atoms with van der Waals surface area (Å²) >= 11 is 0. The maximum Gasteiger partial charge on any atom is 0.339 e. The molecular weight excluding hydrogens is 336 g/mol. The number of benzodiazepines with no additional fused rings is 1. The predicted molar refractivity (Wildman–Crippen MR) is 112 cm³/mol. The van der Waals surface area contributed by atoms with Gasteiger partial charge >= 0.3 is 5.97 Å². The lowest BCUT2D eigenvalue weighted by Gasteiger charge is -2.20. The zero-order valence-corrected chi connectivity index (χ0v) is 16.4. The zero-order chi connectivity index (χ0) is 19.4. The molecule has 0 atom stereocenters. The molecule has 0 fully saturated rings. The van der Waals surface area contributed by atoms with E-state index in [2.05, 4.69) is 24.1 Å². The van der Waals surface area contributed by atoms with E-state index in [1.54, 1.807) is 6.07 Å². The van der Waals surface area contributed by atoms with Crippen LogP contribution in [0.5, 0.6) is 0 Å². The highest BCUT2D eigenvalue weighted by molar-refractivity contribution is 6.14. The van der Waals surface area contributed by atoms with Gasteiger partial charge in [0.15, 0.2) is 0 Å². The Morgan fingerprint density at radius 2 is 1.78 bits per heavy atom. The maximum absolute atomic E-state index is 12.5. The largest absolute Gasteiger partial charge is 0.456 e. The molecule has 4 nitrogen and oxygen atoms in total. The van der Waals surface area contributed by atoms with Crippen LogP contribution < -0.4 is 4.90 Å². The third-order valence-electron chi connectivity index (χ3n) is 4.31. The van der Waals surface area contributed by atoms with Crippen molar-refractivity contribution >= 4 is 23.4 Å². The van der Waals surface area contributed by atoms with Crippen LogP contribution in [0.2, 0.25) is 0 Å². The normalized spacial score (nSPS) is 14.5. The summed E-state index contributed by atoms with van der Waals surface area (Å²) in [4.78, 5) is 19.5. The molecule has 2 aromatic carbocycles. The van der Waals surface area contributed by atoms with Crippen molar-refractivity contribution in [2.45, 2.75) is 26.4 Å². The number of ether oxygens (including phenoxy) is 1. The second-order valence-electron chi connectivity index (χ2n) is 7.63. The standard InChI is InChI=1S/C23H26N2O2/c1-23(2,3)27-22(26)18-10-6-5-9-17(18)13-14-20-19-11-7-8-12-21(19)25(4)16-15-24-20/h5-14H,15-16H2,1-4H3/b14-13+. The van der Waals surface area contributed by atoms with Crippen LogP contribution in [0.4, 0.5) is 5.69 Å². The summed E-state index contributed by atoms with van der Waals surface area (Å²) in [6.07, 6.45) is 3.93. The lowest BCUT2D eigenvalue weighted by atomic mass is 10.0. The van der Waals surface area contributed by atoms with Crippen molar-refractivity contribution in [2.24, 2.45) is 4.99 Å². The molecule has 0 radical (unpaired) electrons. The maximum atomic E-state index is 12.5. The highest BCUT2D eigenvalue weighted by Gasteiger charge is 2.19. The van der Waals surface area contributed by atoms with E-state index in [1.807, 2.05) is 63.3 Å². The van der Waals surface area contributed by atoms with Gasteiger partial charge in [-0.1, -0.05) is 42.5 Å². The summed E-state index contributed by atoms with van der Waals surface area (Å²) in [7, 11) is 2.08. The molecule has 27 heavy (non-hydrogen) atoms. The minimum Gasteiger partial charge on any atom is -0.456 e. The van der Waals surface area contributed by atoms with Gasteiger partial charge < -0.3 is 9.64 Å². The number of likely N-dealkylation sites (N-methyl/N-ethyl adjacent to an activating group) is 1. The van der Waals surface area contributed by atoms with Gasteiger partial charge in [0.05, 0.1) is 17.8 Å². The Hall–Kier alpha value is -2.88. The summed E-state index contributed by atoms with van der Waals surface area (Å²) < 4.78 is 5.54. The molecule has 1 aliphatic rings. The Kier molecular flexibility index (Phi) is 5.45. The lowest BCUT2D eigenvalue weighted by molar-refractivity contribution is 0.00693. The van der Waals surface area contributed by atoms with Gasteiger partial charge in [-0.15, -0.1) is 0 Å². The van der Waals surface area contributed by atoms with Gasteiger partial charge in [0.1, 0.15) is 5.60 Å². The average molecular weight is 362 g/mol. The number of para-hydroxylation sites is 1. The first-order chi connectivity index (χ1) is 12.8. The fourth-order valence-corrected chi connectivity index (χ4v) is 3.02. The molecule has 0 spiro atoms. The highest BCUT2D eigenvalue weighted by Crippen LogP contribution is 2.23. The molecule has 0 unspecified atom stereocenters. The van der Waals surface area contributed by atoms with Gasteiger partial charge in [0.2, 0.25) is 0 Å². The SMILES string of the molecule is CN1CCN=C(/C=C/c2ccccc2C(=O)OC(C)(C)C)c2ccccc21. The van der Waals surface area contributed by atoms with Gasteiger partial charge in [0.25, 0.3) is 0 Å². The lowest BCUT2D eigenvalue weighted by Crippen LogP contribution is -2.24. The fourth-order valence-electron chi connectivity index (χ4n) is 3.02. The first-order valence-corrected chi connectivity index (χ1v) is 9.20. The third kappa shape index (κ3) is 4.64. The number of carbonyl (C=O) groups is 1. The number of allylic oxidation sites excluding steroid dienone is 1. The van der Waals surface area contributed by atoms with Crippen LogP contribution in [0.3, 0.4) is 0 Å². The molecule has 0 saturated heterocycles. The Morgan fingerprint density at radius 1 is 1.07 bits per heavy atom. The second kappa shape index (κ2) is 7.78. The number of fused-ring (bicyclic) bond motifs is 1. The monoisotopic (exact) mass is 362 g/mol. The number of benzene rings is 2. The van der Waals surface area contributed by atoms with Crippen molar-refractivity contribution in [3.8, 4) is 0 Å². The van der Waals surface area contributed by atoms with E-state index < -0.39 is 5.60 Å². The van der Waals surface area contributed by atoms with Crippen LogP contribution in [-0.2, 0) is 4.74 Å². The van der Waals surface area contributed by atoms with Crippen LogP contribution in [0.1, 0.15) is 42.3 Å². The molecule has 1 heterocycles. The first-order valence-electron chi connectivity index (χ1n) is 9.20. The topological polar surface area (TPSA) is 41.9 Å². The number of aliphatic imine (C=N–C) groups is 1. The van der Waals surface area contributed by atoms with Gasteiger partial charge in [-0.3, -0.25) is 4.99 Å². The Labute approximate surface area is 161 Å². The number of nitrogens with zero attached hydrogens (tertiary/aromatic N) is 2. The van der Waals surface area contributed by atoms with Crippen molar-refractivity contribution in [3.63, 3.8) is 0 Å². The molecule has 0 saturated carbocycles. The molecule has 140 valence electrons. The number of esters is 1. The van der Waals surface area contributed by atoms with E-state index in [0.717, 1.165) is 29.9 Å². The molecule has 0 aliphatic carbocycles. The van der Waals surface area contributed by atoms with E-state index in [0.29, 0.717) is 5.56 Å². The Morgan fingerprint density at radius 3 is 2.56 bits per heavy atom. The van der Waals surface area contributed by atoms with Gasteiger partial charge in [-0.2, -0.15) is 0 Å². The molecular formula is C23H26N2O2. The average Bonchev–Trinajstić information content (AvgIpc) is 2.78. The van der Waals surface area contributed by atoms with Gasteiger partial charge in [0, 0.05) is 24.8 Å². The predicted octanol–water partition coefficient (Wildman–Crippen LogP) is 4.59. The fraction of sp³-hybridized carbons (Fsp3) is 0.304. The van der Waals surface area contributed by atoms with Crippen molar-refractivity contribution in [3.05, 3.63) is 71.3 Å². The minimum absolute atomic E-state index is 0.314. The third-order valence-corrected chi connectivity index (χ3v) is 4.31. The van der Waals surface area contributed by atoms with Crippen molar-refractivity contribution in [1.29, 1.82) is 0 Å². The number of anilines is 1. The van der Waals surface area contributed by atoms with Crippen LogP contribution in [0.15, 0.2) is 59.6 Å². The number of hydrogen-bond acceptors (Lipinski definition) is 4. The number of rotatable bonds is 3. The van der Waals surface area contributed by atoms with E-state index in [9.17, 15) is 4.79 Å². The van der Waals surface area contributed by atoms with Gasteiger partial charge in [-0.05, 0) is 44.5 Å². The smallest absolute Gasteiger partial charge is 0.339 e. The molecule has 0 aromatic heterocycles. The quantitative estimate of drug-likeness (QED) is 0.750. The summed E-state index contributed by atoms with van der Waals surface area (Å²) in [5, 5.41) is 0. The van der Waals surface area contributed by atoms with Gasteiger partial charge in [-0.25, -0.2) is 4.79 Å². The zero-order valence-electron chi connectivity index (χ0n) is 16.4. The number of carbonyl (C=O) groups excluding carboxylic acids is 1. The Balaban J connectivity index is 1.92. The van der Waals surface area contributed by atoms with E-state index in [4.69, 9.17) is 9.73 Å². The van der Waals surface area contributed by atoms with E-state index in [-0.39, 0.29) is 5.97 Å². The summed E-state index contributed by atoms with van der Waals surface area (Å²) in [5.74, 6) is -0.314. The van der Waals surface area contributed by atoms with Crippen LogP contribution in [0, 0.1) is 0 Å². The molecule has 4 heteroatoms. The van der Waals surface area contributed by atoms with Crippen LogP contribution >= 0.6 is 0 Å². The van der Waals surface area contributed by atoms with Crippen molar-refractivity contribution < 1.29 is 9.53 Å². The molecule has 0 bridgehead atoms. The van der Waals surface area contributed by atoms with Crippen molar-refractivity contribution in [2.75, 3.05) is 25.0 Å². The summed E-state index contributed by atoms with van der Waals surface area (Å²) in [6, 6.07) is 15.7. The molecule has 3 rings (SSSR count). The van der Waals surface area contributed by atoms with E-state index >= 15 is 0 Å². The van der Waals surface area contributed by atoms with E-state index in [1.165, 1.54) is 5.69 Å². The van der Waals surface area contributed by atoms with Crippen LogP contribution in [-0.4, -0.2) is 37.4 Å². The highest BCUT2D eigenvalue weighted by atomic mass is 16.6. The van der Waals surface area contributed by atoms with Crippen molar-refractivity contribution in [1.82, 2.24) is 0 Å². The van der Waals surface area contributed by atoms with Crippen LogP contribution in [0.25, 0.3) is 6.08 Å². The molecule has 2 aromatic rings. The summed E-state index contributed by atoms with van der Waals surface area (Å²) in [6.45, 7) is 7.23.